The molecule has 0 fully saturated rings. The molecule has 14 heavy (non-hydrogen) atoms. The molecule has 0 aliphatic carbocycles. The van der Waals surface area contributed by atoms with E-state index in [0.29, 0.717) is 12.8 Å². The maximum atomic E-state index is 10.7. The van der Waals surface area contributed by atoms with Gasteiger partial charge >= 0.3 is 5.97 Å². The molecule has 0 aromatic heterocycles. The summed E-state index contributed by atoms with van der Waals surface area (Å²) >= 11 is 0. The number of aliphatic carboxylic acids is 1. The molecule has 0 rings (SSSR count). The van der Waals surface area contributed by atoms with Crippen molar-refractivity contribution < 1.29 is 18.3 Å². The molecule has 0 radical (unpaired) electrons. The summed E-state index contributed by atoms with van der Waals surface area (Å²) in [6.07, 6.45) is 0.897. The lowest BCUT2D eigenvalue weighted by Crippen LogP contribution is -2.23. The summed E-state index contributed by atoms with van der Waals surface area (Å²) in [6.45, 7) is 3.67. The standard InChI is InChI=1S/C8H17NO4S/c1-8(2,4-3-7(10)11)5-6-14(9,12)13/h3-6H2,1-2H3,(H,10,11)(H2,9,12,13). The number of rotatable bonds is 6. The smallest absolute Gasteiger partial charge is 0.303 e. The fourth-order valence-electron chi connectivity index (χ4n) is 0.989. The van der Waals surface area contributed by atoms with Crippen molar-refractivity contribution in [2.45, 2.75) is 33.1 Å². The Hall–Kier alpha value is -0.620. The van der Waals surface area contributed by atoms with Gasteiger partial charge in [0.1, 0.15) is 0 Å². The van der Waals surface area contributed by atoms with Gasteiger partial charge < -0.3 is 5.11 Å². The van der Waals surface area contributed by atoms with Gasteiger partial charge in [-0.1, -0.05) is 13.8 Å². The van der Waals surface area contributed by atoms with Gasteiger partial charge in [-0.3, -0.25) is 4.79 Å². The summed E-state index contributed by atoms with van der Waals surface area (Å²) in [5, 5.41) is 13.3. The topological polar surface area (TPSA) is 97.5 Å². The third-order valence-corrected chi connectivity index (χ3v) is 2.85. The SMILES string of the molecule is CC(C)(CCC(=O)O)CCS(N)(=O)=O. The Labute approximate surface area is 84.4 Å². The summed E-state index contributed by atoms with van der Waals surface area (Å²) < 4.78 is 21.4. The second-order valence-corrected chi connectivity index (χ2v) is 5.91. The molecule has 84 valence electrons. The van der Waals surface area contributed by atoms with Crippen LogP contribution in [0.25, 0.3) is 0 Å². The van der Waals surface area contributed by atoms with Gasteiger partial charge in [-0.05, 0) is 18.3 Å². The summed E-state index contributed by atoms with van der Waals surface area (Å²) in [5.41, 5.74) is -0.301. The third kappa shape index (κ3) is 8.00. The van der Waals surface area contributed by atoms with E-state index in [4.69, 9.17) is 10.2 Å². The Morgan fingerprint density at radius 2 is 1.86 bits per heavy atom. The number of hydrogen-bond acceptors (Lipinski definition) is 3. The monoisotopic (exact) mass is 223 g/mol. The van der Waals surface area contributed by atoms with Crippen molar-refractivity contribution in [3.05, 3.63) is 0 Å². The predicted octanol–water partition coefficient (Wildman–Crippen LogP) is 0.556. The fourth-order valence-corrected chi connectivity index (χ4v) is 1.83. The molecule has 0 aliphatic heterocycles. The first kappa shape index (κ1) is 13.4. The predicted molar refractivity (Wildman–Crippen MR) is 53.2 cm³/mol. The Morgan fingerprint density at radius 3 is 2.21 bits per heavy atom. The van der Waals surface area contributed by atoms with Crippen LogP contribution in [0.4, 0.5) is 0 Å². The van der Waals surface area contributed by atoms with Gasteiger partial charge in [-0.25, -0.2) is 13.6 Å². The van der Waals surface area contributed by atoms with Crippen LogP contribution in [0.3, 0.4) is 0 Å². The van der Waals surface area contributed by atoms with Gasteiger partial charge in [0.2, 0.25) is 10.0 Å². The number of sulfonamides is 1. The normalized spacial score (nSPS) is 12.8. The van der Waals surface area contributed by atoms with Gasteiger partial charge in [0.25, 0.3) is 0 Å². The lowest BCUT2D eigenvalue weighted by atomic mass is 9.85. The highest BCUT2D eigenvalue weighted by molar-refractivity contribution is 7.89. The van der Waals surface area contributed by atoms with Crippen LogP contribution in [0.5, 0.6) is 0 Å². The van der Waals surface area contributed by atoms with E-state index in [9.17, 15) is 13.2 Å². The summed E-state index contributed by atoms with van der Waals surface area (Å²) in [7, 11) is -3.44. The molecule has 3 N–H and O–H groups in total. The van der Waals surface area contributed by atoms with Gasteiger partial charge in [0.15, 0.2) is 0 Å². The Bertz CT molecular complexity index is 294. The van der Waals surface area contributed by atoms with Crippen molar-refractivity contribution in [2.24, 2.45) is 10.6 Å². The number of carbonyl (C=O) groups is 1. The number of hydrogen-bond donors (Lipinski definition) is 2. The molecule has 0 aromatic rings. The van der Waals surface area contributed by atoms with Crippen LogP contribution in [0.15, 0.2) is 0 Å². The zero-order valence-corrected chi connectivity index (χ0v) is 9.30. The average molecular weight is 223 g/mol. The van der Waals surface area contributed by atoms with E-state index in [-0.39, 0.29) is 17.6 Å². The first-order chi connectivity index (χ1) is 6.12. The molecule has 5 nitrogen and oxygen atoms in total. The molecule has 0 unspecified atom stereocenters. The summed E-state index contributed by atoms with van der Waals surface area (Å²) in [6, 6.07) is 0. The zero-order chi connectivity index (χ0) is 11.4. The van der Waals surface area contributed by atoms with Crippen molar-refractivity contribution in [3.8, 4) is 0 Å². The Morgan fingerprint density at radius 1 is 1.36 bits per heavy atom. The quantitative estimate of drug-likeness (QED) is 0.687. The van der Waals surface area contributed by atoms with E-state index < -0.39 is 16.0 Å². The van der Waals surface area contributed by atoms with Crippen molar-refractivity contribution >= 4 is 16.0 Å². The highest BCUT2D eigenvalue weighted by Gasteiger charge is 2.21. The number of carboxylic acids is 1. The highest BCUT2D eigenvalue weighted by Crippen LogP contribution is 2.26. The minimum atomic E-state index is -3.44. The van der Waals surface area contributed by atoms with Crippen LogP contribution in [-0.4, -0.2) is 25.2 Å². The fraction of sp³-hybridized carbons (Fsp3) is 0.875. The van der Waals surface area contributed by atoms with Crippen molar-refractivity contribution in [2.75, 3.05) is 5.75 Å². The van der Waals surface area contributed by atoms with Crippen LogP contribution in [0, 0.1) is 5.41 Å². The number of carboxylic acid groups (broad SMARTS) is 1. The number of nitrogens with two attached hydrogens (primary N) is 1. The molecule has 0 bridgehead atoms. The molecule has 0 amide bonds. The van der Waals surface area contributed by atoms with E-state index in [0.717, 1.165) is 0 Å². The molecular weight excluding hydrogens is 206 g/mol. The van der Waals surface area contributed by atoms with Crippen molar-refractivity contribution in [1.82, 2.24) is 0 Å². The van der Waals surface area contributed by atoms with Gasteiger partial charge in [0, 0.05) is 6.42 Å². The minimum absolute atomic E-state index is 0.0532. The Kier molecular flexibility index (Phi) is 4.54. The molecule has 0 heterocycles. The van der Waals surface area contributed by atoms with Crippen LogP contribution in [-0.2, 0) is 14.8 Å². The highest BCUT2D eigenvalue weighted by atomic mass is 32.2. The summed E-state index contributed by atoms with van der Waals surface area (Å²) in [4.78, 5) is 10.3. The zero-order valence-electron chi connectivity index (χ0n) is 8.49. The first-order valence-corrected chi connectivity index (χ1v) is 6.06. The van der Waals surface area contributed by atoms with Crippen LogP contribution in [0.1, 0.15) is 33.1 Å². The van der Waals surface area contributed by atoms with Crippen LogP contribution < -0.4 is 5.14 Å². The van der Waals surface area contributed by atoms with E-state index in [1.54, 1.807) is 0 Å². The number of primary sulfonamides is 1. The second kappa shape index (κ2) is 4.75. The molecule has 6 heteroatoms. The maximum Gasteiger partial charge on any atom is 0.303 e. The van der Waals surface area contributed by atoms with Crippen LogP contribution in [0.2, 0.25) is 0 Å². The van der Waals surface area contributed by atoms with E-state index in [1.165, 1.54) is 0 Å². The lowest BCUT2D eigenvalue weighted by molar-refractivity contribution is -0.137. The molecule has 0 atom stereocenters. The largest absolute Gasteiger partial charge is 0.481 e. The van der Waals surface area contributed by atoms with E-state index >= 15 is 0 Å². The Balaban J connectivity index is 4.01. The van der Waals surface area contributed by atoms with Crippen LogP contribution >= 0.6 is 0 Å². The van der Waals surface area contributed by atoms with Gasteiger partial charge in [0.05, 0.1) is 5.75 Å². The maximum absolute atomic E-state index is 10.7. The second-order valence-electron chi connectivity index (χ2n) is 4.17. The van der Waals surface area contributed by atoms with Gasteiger partial charge in [-0.15, -0.1) is 0 Å². The van der Waals surface area contributed by atoms with Crippen molar-refractivity contribution in [3.63, 3.8) is 0 Å². The molecule has 0 saturated carbocycles. The molecule has 0 spiro atoms. The molecule has 0 saturated heterocycles. The molecule has 0 aliphatic rings. The molecular formula is C8H17NO4S. The van der Waals surface area contributed by atoms with Crippen molar-refractivity contribution in [1.29, 1.82) is 0 Å². The first-order valence-electron chi connectivity index (χ1n) is 4.35. The molecule has 0 aromatic carbocycles. The van der Waals surface area contributed by atoms with E-state index in [2.05, 4.69) is 0 Å². The average Bonchev–Trinajstić information content (AvgIpc) is 1.97. The third-order valence-electron chi connectivity index (χ3n) is 2.08. The van der Waals surface area contributed by atoms with Gasteiger partial charge in [-0.2, -0.15) is 0 Å². The lowest BCUT2D eigenvalue weighted by Gasteiger charge is -2.22. The minimum Gasteiger partial charge on any atom is -0.481 e. The van der Waals surface area contributed by atoms with E-state index in [1.807, 2.05) is 13.8 Å². The summed E-state index contributed by atoms with van der Waals surface area (Å²) in [5.74, 6) is -0.965.